The van der Waals surface area contributed by atoms with Gasteiger partial charge in [0.1, 0.15) is 5.58 Å². The van der Waals surface area contributed by atoms with Gasteiger partial charge in [-0.15, -0.1) is 0 Å². The number of fused-ring (bicyclic) bond motifs is 3. The van der Waals surface area contributed by atoms with Crippen LogP contribution in [-0.4, -0.2) is 9.97 Å². The molecule has 92 valence electrons. The van der Waals surface area contributed by atoms with Gasteiger partial charge in [-0.1, -0.05) is 39.0 Å². The van der Waals surface area contributed by atoms with E-state index < -0.39 is 0 Å². The molecule has 3 nitrogen and oxygen atoms in total. The summed E-state index contributed by atoms with van der Waals surface area (Å²) < 4.78 is 6.54. The summed E-state index contributed by atoms with van der Waals surface area (Å²) in [4.78, 5) is 9.01. The van der Waals surface area contributed by atoms with Gasteiger partial charge in [-0.2, -0.15) is 4.98 Å². The zero-order chi connectivity index (χ0) is 12.9. The van der Waals surface area contributed by atoms with E-state index in [1.54, 1.807) is 0 Å². The third kappa shape index (κ3) is 1.79. The number of rotatable bonds is 0. The van der Waals surface area contributed by atoms with Gasteiger partial charge >= 0.3 is 0 Å². The van der Waals surface area contributed by atoms with Gasteiger partial charge in [-0.3, -0.25) is 0 Å². The molecule has 0 saturated carbocycles. The molecule has 0 amide bonds. The number of benzene rings is 1. The van der Waals surface area contributed by atoms with E-state index in [4.69, 9.17) is 4.42 Å². The molecule has 0 aliphatic carbocycles. The highest BCUT2D eigenvalue weighted by Gasteiger charge is 2.23. The van der Waals surface area contributed by atoms with E-state index in [0.717, 1.165) is 25.9 Å². The Balaban J connectivity index is 2.54. The molecule has 0 saturated heterocycles. The van der Waals surface area contributed by atoms with Crippen LogP contribution in [0.3, 0.4) is 0 Å². The second-order valence-electron chi connectivity index (χ2n) is 5.37. The van der Waals surface area contributed by atoms with Crippen LogP contribution in [-0.2, 0) is 5.41 Å². The summed E-state index contributed by atoms with van der Waals surface area (Å²) >= 11 is 2.14. The van der Waals surface area contributed by atoms with E-state index in [9.17, 15) is 0 Å². The summed E-state index contributed by atoms with van der Waals surface area (Å²) in [5.41, 5.74) is 2.56. The van der Waals surface area contributed by atoms with Crippen LogP contribution >= 0.6 is 22.6 Å². The van der Waals surface area contributed by atoms with Crippen molar-refractivity contribution < 1.29 is 4.42 Å². The lowest BCUT2D eigenvalue weighted by Gasteiger charge is -2.18. The van der Waals surface area contributed by atoms with E-state index in [0.29, 0.717) is 5.71 Å². The second-order valence-corrected chi connectivity index (χ2v) is 6.33. The van der Waals surface area contributed by atoms with Crippen molar-refractivity contribution in [2.24, 2.45) is 0 Å². The average molecular weight is 352 g/mol. The first-order valence-corrected chi connectivity index (χ1v) is 6.90. The van der Waals surface area contributed by atoms with Crippen LogP contribution in [0, 0.1) is 3.83 Å². The van der Waals surface area contributed by atoms with Gasteiger partial charge in [0.2, 0.25) is 5.71 Å². The van der Waals surface area contributed by atoms with E-state index in [1.807, 2.05) is 18.2 Å². The highest BCUT2D eigenvalue weighted by atomic mass is 127. The number of furan rings is 1. The molecule has 4 heteroatoms. The van der Waals surface area contributed by atoms with Crippen molar-refractivity contribution in [3.8, 4) is 0 Å². The molecule has 0 N–H and O–H groups in total. The van der Waals surface area contributed by atoms with Crippen molar-refractivity contribution in [2.45, 2.75) is 26.2 Å². The number of aromatic nitrogens is 2. The van der Waals surface area contributed by atoms with Crippen LogP contribution in [0.2, 0.25) is 0 Å². The fraction of sp³-hybridized carbons (Fsp3) is 0.286. The summed E-state index contributed by atoms with van der Waals surface area (Å²) in [5.74, 6) is 0. The Kier molecular flexibility index (Phi) is 2.59. The topological polar surface area (TPSA) is 38.9 Å². The highest BCUT2D eigenvalue weighted by molar-refractivity contribution is 14.1. The van der Waals surface area contributed by atoms with Crippen LogP contribution in [0.25, 0.3) is 22.1 Å². The maximum atomic E-state index is 5.81. The molecule has 0 spiro atoms. The molecule has 2 aromatic heterocycles. The van der Waals surface area contributed by atoms with E-state index in [2.05, 4.69) is 59.4 Å². The molecule has 1 aromatic carbocycles. The molecule has 18 heavy (non-hydrogen) atoms. The number of nitrogens with zero attached hydrogens (tertiary/aromatic N) is 2. The Labute approximate surface area is 119 Å². The number of halogens is 1. The van der Waals surface area contributed by atoms with Gasteiger partial charge in [0.15, 0.2) is 3.83 Å². The second kappa shape index (κ2) is 3.91. The number of hydrogen-bond donors (Lipinski definition) is 0. The molecule has 2 heterocycles. The van der Waals surface area contributed by atoms with Gasteiger partial charge in [-0.25, -0.2) is 4.98 Å². The van der Waals surface area contributed by atoms with Crippen molar-refractivity contribution >= 4 is 44.7 Å². The van der Waals surface area contributed by atoms with Gasteiger partial charge < -0.3 is 4.42 Å². The molecular weight excluding hydrogens is 339 g/mol. The predicted octanol–water partition coefficient (Wildman–Crippen LogP) is 4.28. The lowest BCUT2D eigenvalue weighted by molar-refractivity contribution is 0.568. The maximum Gasteiger partial charge on any atom is 0.231 e. The van der Waals surface area contributed by atoms with Crippen molar-refractivity contribution in [3.05, 3.63) is 33.8 Å². The first-order valence-electron chi connectivity index (χ1n) is 5.82. The zero-order valence-electron chi connectivity index (χ0n) is 10.5. The molecule has 3 rings (SSSR count). The minimum atomic E-state index is -0.0340. The Bertz CT molecular complexity index is 740. The van der Waals surface area contributed by atoms with Gasteiger partial charge in [0, 0.05) is 33.4 Å². The largest absolute Gasteiger partial charge is 0.438 e. The standard InChI is InChI=1S/C14H13IN2O/c1-14(2,3)11-10-8-6-4-5-7-9(8)18-12(10)17-13(15)16-11/h4-7H,1-3H3. The molecule has 0 bridgehead atoms. The first-order chi connectivity index (χ1) is 8.47. The van der Waals surface area contributed by atoms with Crippen molar-refractivity contribution in [3.63, 3.8) is 0 Å². The summed E-state index contributed by atoms with van der Waals surface area (Å²) in [5, 5.41) is 2.13. The smallest absolute Gasteiger partial charge is 0.231 e. The SMILES string of the molecule is CC(C)(C)c1nc(I)nc2oc3ccccc3c12. The zero-order valence-corrected chi connectivity index (χ0v) is 12.6. The van der Waals surface area contributed by atoms with Crippen LogP contribution in [0.15, 0.2) is 28.7 Å². The minimum Gasteiger partial charge on any atom is -0.438 e. The highest BCUT2D eigenvalue weighted by Crippen LogP contribution is 2.34. The third-order valence-electron chi connectivity index (χ3n) is 2.92. The quantitative estimate of drug-likeness (QED) is 0.448. The third-order valence-corrected chi connectivity index (χ3v) is 3.40. The van der Waals surface area contributed by atoms with Crippen molar-refractivity contribution in [1.82, 2.24) is 9.97 Å². The monoisotopic (exact) mass is 352 g/mol. The van der Waals surface area contributed by atoms with E-state index >= 15 is 0 Å². The Morgan fingerprint density at radius 2 is 1.83 bits per heavy atom. The summed E-state index contributed by atoms with van der Waals surface area (Å²) in [7, 11) is 0. The predicted molar refractivity (Wildman–Crippen MR) is 80.7 cm³/mol. The van der Waals surface area contributed by atoms with E-state index in [-0.39, 0.29) is 5.41 Å². The lowest BCUT2D eigenvalue weighted by atomic mass is 9.89. The summed E-state index contributed by atoms with van der Waals surface area (Å²) in [6.07, 6.45) is 0. The molecule has 0 radical (unpaired) electrons. The minimum absolute atomic E-state index is 0.0340. The van der Waals surface area contributed by atoms with Crippen LogP contribution in [0.1, 0.15) is 26.5 Å². The number of para-hydroxylation sites is 1. The van der Waals surface area contributed by atoms with Crippen LogP contribution in [0.5, 0.6) is 0 Å². The summed E-state index contributed by atoms with van der Waals surface area (Å²) in [6, 6.07) is 8.02. The molecule has 3 aromatic rings. The fourth-order valence-corrected chi connectivity index (χ4v) is 2.60. The molecule has 0 atom stereocenters. The van der Waals surface area contributed by atoms with Crippen LogP contribution in [0.4, 0.5) is 0 Å². The molecular formula is C14H13IN2O. The normalized spacial score (nSPS) is 12.4. The Morgan fingerprint density at radius 3 is 2.56 bits per heavy atom. The van der Waals surface area contributed by atoms with Gasteiger partial charge in [-0.05, 0) is 6.07 Å². The molecule has 0 unspecified atom stereocenters. The Hall–Kier alpha value is -1.17. The van der Waals surface area contributed by atoms with E-state index in [1.165, 1.54) is 0 Å². The average Bonchev–Trinajstić information content (AvgIpc) is 2.64. The Morgan fingerprint density at radius 1 is 1.11 bits per heavy atom. The first kappa shape index (κ1) is 11.9. The fourth-order valence-electron chi connectivity index (χ4n) is 2.14. The maximum absolute atomic E-state index is 5.81. The molecule has 0 aliphatic heterocycles. The lowest BCUT2D eigenvalue weighted by Crippen LogP contribution is -2.15. The van der Waals surface area contributed by atoms with Crippen molar-refractivity contribution in [1.29, 1.82) is 0 Å². The van der Waals surface area contributed by atoms with Gasteiger partial charge in [0.25, 0.3) is 0 Å². The summed E-state index contributed by atoms with van der Waals surface area (Å²) in [6.45, 7) is 6.48. The number of hydrogen-bond acceptors (Lipinski definition) is 3. The van der Waals surface area contributed by atoms with Gasteiger partial charge in [0.05, 0.1) is 11.1 Å². The van der Waals surface area contributed by atoms with Crippen LogP contribution < -0.4 is 0 Å². The molecule has 0 aliphatic rings. The van der Waals surface area contributed by atoms with Crippen molar-refractivity contribution in [2.75, 3.05) is 0 Å². The molecule has 0 fully saturated rings.